The summed E-state index contributed by atoms with van der Waals surface area (Å²) in [5.41, 5.74) is 0. The zero-order chi connectivity index (χ0) is 20.0. The van der Waals surface area contributed by atoms with Gasteiger partial charge < -0.3 is 14.7 Å². The third-order valence-corrected chi connectivity index (χ3v) is 5.76. The molecule has 0 radical (unpaired) electrons. The lowest BCUT2D eigenvalue weighted by Crippen LogP contribution is -2.55. The number of amides is 1. The summed E-state index contributed by atoms with van der Waals surface area (Å²) in [4.78, 5) is 38.7. The number of hydrogen-bond acceptors (Lipinski definition) is 5. The maximum atomic E-state index is 13.1. The molecule has 0 unspecified atom stereocenters. The standard InChI is InChI=1S/C20H34N2O5/c1-4-8-15(20(26)27-11-5-2)21-13(3)18(23)22-16-10-7-6-9-14(16)12-17(22)19(24)25/h13-17,21H,4-12H2,1-3H3,(H,24,25)/t13-,14-,15-,16-,17-/m1/s1. The van der Waals surface area contributed by atoms with Crippen LogP contribution in [0.25, 0.3) is 0 Å². The fourth-order valence-corrected chi connectivity index (χ4v) is 4.46. The molecule has 1 aliphatic carbocycles. The number of hydrogen-bond donors (Lipinski definition) is 2. The largest absolute Gasteiger partial charge is 0.480 e. The van der Waals surface area contributed by atoms with Crippen LogP contribution in [0, 0.1) is 5.92 Å². The number of carbonyl (C=O) groups excluding carboxylic acids is 2. The van der Waals surface area contributed by atoms with Gasteiger partial charge in [0.15, 0.2) is 0 Å². The fraction of sp³-hybridized carbons (Fsp3) is 0.850. The minimum Gasteiger partial charge on any atom is -0.480 e. The lowest BCUT2D eigenvalue weighted by atomic mass is 9.84. The van der Waals surface area contributed by atoms with E-state index in [9.17, 15) is 19.5 Å². The molecule has 0 aromatic heterocycles. The van der Waals surface area contributed by atoms with Gasteiger partial charge in [0.1, 0.15) is 12.1 Å². The Morgan fingerprint density at radius 2 is 1.89 bits per heavy atom. The molecule has 2 fully saturated rings. The van der Waals surface area contributed by atoms with Crippen molar-refractivity contribution in [3.8, 4) is 0 Å². The van der Waals surface area contributed by atoms with E-state index in [1.54, 1.807) is 11.8 Å². The number of carboxylic acids is 1. The van der Waals surface area contributed by atoms with Crippen LogP contribution in [0.15, 0.2) is 0 Å². The van der Waals surface area contributed by atoms with E-state index in [4.69, 9.17) is 4.74 Å². The van der Waals surface area contributed by atoms with Crippen molar-refractivity contribution >= 4 is 17.8 Å². The number of fused-ring (bicyclic) bond motifs is 1. The van der Waals surface area contributed by atoms with Crippen molar-refractivity contribution in [3.05, 3.63) is 0 Å². The van der Waals surface area contributed by atoms with E-state index >= 15 is 0 Å². The first-order chi connectivity index (χ1) is 12.9. The second-order valence-electron chi connectivity index (χ2n) is 7.84. The highest BCUT2D eigenvalue weighted by Crippen LogP contribution is 2.40. The van der Waals surface area contributed by atoms with E-state index < -0.39 is 24.1 Å². The Kier molecular flexibility index (Phi) is 8.07. The molecular weight excluding hydrogens is 348 g/mol. The Balaban J connectivity index is 2.08. The van der Waals surface area contributed by atoms with Gasteiger partial charge in [-0.15, -0.1) is 0 Å². The van der Waals surface area contributed by atoms with E-state index in [1.807, 2.05) is 13.8 Å². The fourth-order valence-electron chi connectivity index (χ4n) is 4.46. The highest BCUT2D eigenvalue weighted by atomic mass is 16.5. The highest BCUT2D eigenvalue weighted by molar-refractivity contribution is 5.88. The summed E-state index contributed by atoms with van der Waals surface area (Å²) in [7, 11) is 0. The number of esters is 1. The number of carboxylic acid groups (broad SMARTS) is 1. The minimum absolute atomic E-state index is 0.00766. The van der Waals surface area contributed by atoms with E-state index in [1.165, 1.54) is 0 Å². The molecule has 154 valence electrons. The molecule has 7 nitrogen and oxygen atoms in total. The van der Waals surface area contributed by atoms with Crippen LogP contribution in [-0.4, -0.2) is 58.6 Å². The van der Waals surface area contributed by atoms with Gasteiger partial charge in [-0.25, -0.2) is 4.79 Å². The zero-order valence-corrected chi connectivity index (χ0v) is 16.8. The molecular formula is C20H34N2O5. The summed E-state index contributed by atoms with van der Waals surface area (Å²) in [5, 5.41) is 12.7. The van der Waals surface area contributed by atoms with Crippen LogP contribution in [-0.2, 0) is 19.1 Å². The SMILES string of the molecule is CCCOC(=O)[C@@H](CCC)N[C@H](C)C(=O)N1[C@@H](C(=O)O)C[C@H]2CCCC[C@H]21. The zero-order valence-electron chi connectivity index (χ0n) is 16.8. The minimum atomic E-state index is -0.933. The molecule has 0 spiro atoms. The summed E-state index contributed by atoms with van der Waals surface area (Å²) in [6.07, 6.45) is 6.63. The molecule has 2 rings (SSSR count). The maximum absolute atomic E-state index is 13.1. The Hall–Kier alpha value is -1.63. The van der Waals surface area contributed by atoms with Crippen LogP contribution in [0.1, 0.15) is 72.1 Å². The molecule has 1 heterocycles. The summed E-state index contributed by atoms with van der Waals surface area (Å²) in [6, 6.07) is -1.92. The first-order valence-corrected chi connectivity index (χ1v) is 10.4. The monoisotopic (exact) mass is 382 g/mol. The number of nitrogens with zero attached hydrogens (tertiary/aromatic N) is 1. The Labute approximate surface area is 161 Å². The molecule has 0 aromatic carbocycles. The number of rotatable bonds is 9. The van der Waals surface area contributed by atoms with Crippen LogP contribution in [0.4, 0.5) is 0 Å². The lowest BCUT2D eigenvalue weighted by Gasteiger charge is -2.35. The van der Waals surface area contributed by atoms with Gasteiger partial charge in [-0.05, 0) is 44.9 Å². The average Bonchev–Trinajstić information content (AvgIpc) is 3.04. The van der Waals surface area contributed by atoms with Gasteiger partial charge in [0.05, 0.1) is 12.6 Å². The summed E-state index contributed by atoms with van der Waals surface area (Å²) < 4.78 is 5.24. The maximum Gasteiger partial charge on any atom is 0.326 e. The third-order valence-electron chi connectivity index (χ3n) is 5.76. The van der Waals surface area contributed by atoms with E-state index in [0.29, 0.717) is 19.4 Å². The molecule has 1 saturated heterocycles. The van der Waals surface area contributed by atoms with Crippen molar-refractivity contribution in [2.45, 2.75) is 96.3 Å². The number of ether oxygens (including phenoxy) is 1. The van der Waals surface area contributed by atoms with Gasteiger partial charge in [-0.2, -0.15) is 0 Å². The molecule has 1 saturated carbocycles. The molecule has 2 aliphatic rings. The second-order valence-corrected chi connectivity index (χ2v) is 7.84. The van der Waals surface area contributed by atoms with Crippen molar-refractivity contribution in [3.63, 3.8) is 0 Å². The second kappa shape index (κ2) is 10.1. The van der Waals surface area contributed by atoms with Crippen molar-refractivity contribution in [2.24, 2.45) is 5.92 Å². The van der Waals surface area contributed by atoms with Gasteiger partial charge in [0, 0.05) is 6.04 Å². The topological polar surface area (TPSA) is 95.9 Å². The average molecular weight is 383 g/mol. The third kappa shape index (κ3) is 5.21. The van der Waals surface area contributed by atoms with Gasteiger partial charge in [-0.1, -0.05) is 33.1 Å². The Morgan fingerprint density at radius 1 is 1.19 bits per heavy atom. The van der Waals surface area contributed by atoms with Crippen molar-refractivity contribution in [1.82, 2.24) is 10.2 Å². The van der Waals surface area contributed by atoms with Gasteiger partial charge >= 0.3 is 11.9 Å². The summed E-state index contributed by atoms with van der Waals surface area (Å²) >= 11 is 0. The smallest absolute Gasteiger partial charge is 0.326 e. The van der Waals surface area contributed by atoms with Gasteiger partial charge in [0.25, 0.3) is 0 Å². The normalized spacial score (nSPS) is 26.9. The first-order valence-electron chi connectivity index (χ1n) is 10.4. The summed E-state index contributed by atoms with van der Waals surface area (Å²) in [6.45, 7) is 5.98. The Morgan fingerprint density at radius 3 is 2.52 bits per heavy atom. The van der Waals surface area contributed by atoms with Crippen molar-refractivity contribution in [2.75, 3.05) is 6.61 Å². The van der Waals surface area contributed by atoms with E-state index in [-0.39, 0.29) is 23.8 Å². The lowest BCUT2D eigenvalue weighted by molar-refractivity contribution is -0.152. The quantitative estimate of drug-likeness (QED) is 0.594. The highest BCUT2D eigenvalue weighted by Gasteiger charge is 2.48. The van der Waals surface area contributed by atoms with Crippen LogP contribution in [0.2, 0.25) is 0 Å². The van der Waals surface area contributed by atoms with E-state index in [0.717, 1.165) is 38.5 Å². The number of aliphatic carboxylic acids is 1. The molecule has 5 atom stereocenters. The Bertz CT molecular complexity index is 538. The van der Waals surface area contributed by atoms with Crippen molar-refractivity contribution < 1.29 is 24.2 Å². The van der Waals surface area contributed by atoms with Crippen LogP contribution >= 0.6 is 0 Å². The predicted octanol–water partition coefficient (Wildman–Crippen LogP) is 2.33. The molecule has 0 aromatic rings. The molecule has 1 aliphatic heterocycles. The first kappa shape index (κ1) is 21.7. The molecule has 7 heteroatoms. The molecule has 1 amide bonds. The number of carbonyl (C=O) groups is 3. The van der Waals surface area contributed by atoms with Crippen LogP contribution in [0.3, 0.4) is 0 Å². The van der Waals surface area contributed by atoms with Crippen LogP contribution < -0.4 is 5.32 Å². The van der Waals surface area contributed by atoms with Gasteiger partial charge in [-0.3, -0.25) is 14.9 Å². The van der Waals surface area contributed by atoms with E-state index in [2.05, 4.69) is 5.32 Å². The predicted molar refractivity (Wildman–Crippen MR) is 101 cm³/mol. The van der Waals surface area contributed by atoms with Gasteiger partial charge in [0.2, 0.25) is 5.91 Å². The molecule has 2 N–H and O–H groups in total. The van der Waals surface area contributed by atoms with Crippen molar-refractivity contribution in [1.29, 1.82) is 0 Å². The summed E-state index contributed by atoms with van der Waals surface area (Å²) in [5.74, 6) is -1.22. The number of nitrogens with one attached hydrogen (secondary N) is 1. The molecule has 0 bridgehead atoms. The molecule has 27 heavy (non-hydrogen) atoms. The van der Waals surface area contributed by atoms with Crippen LogP contribution in [0.5, 0.6) is 0 Å². The number of likely N-dealkylation sites (tertiary alicyclic amines) is 1.